The number of likely N-dealkylation sites (N-methyl/N-ethyl adjacent to an activating group) is 1. The molecule has 136 valence electrons. The van der Waals surface area contributed by atoms with Gasteiger partial charge < -0.3 is 19.9 Å². The van der Waals surface area contributed by atoms with Crippen LogP contribution in [0.4, 0.5) is 4.79 Å². The van der Waals surface area contributed by atoms with Crippen molar-refractivity contribution >= 4 is 24.4 Å². The monoisotopic (exact) mass is 357 g/mol. The summed E-state index contributed by atoms with van der Waals surface area (Å²) in [5.74, 6) is 0.593. The lowest BCUT2D eigenvalue weighted by atomic mass is 9.89. The molecule has 7 heteroatoms. The Bertz CT molecular complexity index is 513. The molecule has 0 bridgehead atoms. The zero-order valence-electron chi connectivity index (χ0n) is 14.4. The minimum Gasteiger partial charge on any atom is -0.441 e. The van der Waals surface area contributed by atoms with Gasteiger partial charge in [-0.3, -0.25) is 4.79 Å². The number of ether oxygens (including phenoxy) is 1. The van der Waals surface area contributed by atoms with Crippen molar-refractivity contribution < 1.29 is 14.3 Å². The predicted octanol–water partition coefficient (Wildman–Crippen LogP) is 1.63. The molecule has 6 nitrogen and oxygen atoms in total. The quantitative estimate of drug-likeness (QED) is 0.816. The van der Waals surface area contributed by atoms with Gasteiger partial charge in [-0.25, -0.2) is 4.79 Å². The standard InChI is InChI=1S/C17H27N3O3.ClH/c1-2-19-12-17(23-15(19)22)5-9-20(10-6-17)14(21)13-11-16(13)3-7-18-8-4-16;/h13,18H,2-12H2,1H3;1H. The van der Waals surface area contributed by atoms with Gasteiger partial charge in [-0.05, 0) is 44.7 Å². The Balaban J connectivity index is 0.00000169. The number of piperidine rings is 2. The number of amides is 2. The van der Waals surface area contributed by atoms with Gasteiger partial charge in [0.25, 0.3) is 0 Å². The number of likely N-dealkylation sites (tertiary alicyclic amines) is 1. The highest BCUT2D eigenvalue weighted by atomic mass is 35.5. The van der Waals surface area contributed by atoms with Crippen LogP contribution in [0.15, 0.2) is 0 Å². The minimum atomic E-state index is -0.347. The molecule has 1 unspecified atom stereocenters. The first-order chi connectivity index (χ1) is 11.1. The number of carbonyl (C=O) groups excluding carboxylic acids is 2. The number of carbonyl (C=O) groups is 2. The number of hydrogen-bond acceptors (Lipinski definition) is 4. The first kappa shape index (κ1) is 17.8. The lowest BCUT2D eigenvalue weighted by Crippen LogP contribution is -2.49. The summed E-state index contributed by atoms with van der Waals surface area (Å²) in [5, 5.41) is 3.39. The second-order valence-electron chi connectivity index (χ2n) is 7.76. The Morgan fingerprint density at radius 2 is 1.92 bits per heavy atom. The fourth-order valence-electron chi connectivity index (χ4n) is 4.72. The predicted molar refractivity (Wildman–Crippen MR) is 92.2 cm³/mol. The lowest BCUT2D eigenvalue weighted by Gasteiger charge is -2.38. The topological polar surface area (TPSA) is 61.9 Å². The molecule has 24 heavy (non-hydrogen) atoms. The van der Waals surface area contributed by atoms with Crippen LogP contribution in [0.2, 0.25) is 0 Å². The summed E-state index contributed by atoms with van der Waals surface area (Å²) in [6.07, 6.45) is 4.73. The van der Waals surface area contributed by atoms with Crippen molar-refractivity contribution in [3.8, 4) is 0 Å². The number of nitrogens with one attached hydrogen (secondary N) is 1. The highest BCUT2D eigenvalue weighted by molar-refractivity contribution is 5.85. The van der Waals surface area contributed by atoms with Crippen molar-refractivity contribution in [3.63, 3.8) is 0 Å². The van der Waals surface area contributed by atoms with E-state index < -0.39 is 0 Å². The van der Waals surface area contributed by atoms with E-state index in [0.29, 0.717) is 24.4 Å². The van der Waals surface area contributed by atoms with E-state index in [2.05, 4.69) is 5.32 Å². The second kappa shape index (κ2) is 6.37. The van der Waals surface area contributed by atoms with Crippen LogP contribution >= 0.6 is 12.4 Å². The van der Waals surface area contributed by atoms with E-state index in [9.17, 15) is 9.59 Å². The summed E-state index contributed by atoms with van der Waals surface area (Å²) >= 11 is 0. The molecule has 0 radical (unpaired) electrons. The summed E-state index contributed by atoms with van der Waals surface area (Å²) < 4.78 is 5.65. The minimum absolute atomic E-state index is 0. The first-order valence-electron chi connectivity index (χ1n) is 9.05. The van der Waals surface area contributed by atoms with E-state index in [-0.39, 0.29) is 30.0 Å². The molecular formula is C17H28ClN3O3. The average Bonchev–Trinajstić information content (AvgIpc) is 3.16. The van der Waals surface area contributed by atoms with Crippen molar-refractivity contribution in [1.29, 1.82) is 0 Å². The number of rotatable bonds is 2. The van der Waals surface area contributed by atoms with Crippen molar-refractivity contribution in [2.24, 2.45) is 11.3 Å². The zero-order valence-corrected chi connectivity index (χ0v) is 15.2. The molecule has 2 spiro atoms. The van der Waals surface area contributed by atoms with Crippen LogP contribution in [0.25, 0.3) is 0 Å². The molecule has 3 saturated heterocycles. The molecule has 3 aliphatic heterocycles. The summed E-state index contributed by atoms with van der Waals surface area (Å²) in [6.45, 7) is 6.92. The third kappa shape index (κ3) is 2.88. The summed E-state index contributed by atoms with van der Waals surface area (Å²) in [4.78, 5) is 28.4. The van der Waals surface area contributed by atoms with Gasteiger partial charge in [0.15, 0.2) is 0 Å². The zero-order chi connectivity index (χ0) is 16.1. The number of halogens is 1. The SMILES string of the molecule is CCN1CC2(CCN(C(=O)C3CC34CCNCC4)CC2)OC1=O.Cl. The molecule has 1 saturated carbocycles. The van der Waals surface area contributed by atoms with Gasteiger partial charge >= 0.3 is 6.09 Å². The Hall–Kier alpha value is -1.01. The van der Waals surface area contributed by atoms with Crippen LogP contribution in [0, 0.1) is 11.3 Å². The van der Waals surface area contributed by atoms with E-state index in [0.717, 1.165) is 58.3 Å². The third-order valence-electron chi connectivity index (χ3n) is 6.50. The smallest absolute Gasteiger partial charge is 0.410 e. The molecule has 1 aliphatic carbocycles. The van der Waals surface area contributed by atoms with Crippen molar-refractivity contribution in [1.82, 2.24) is 15.1 Å². The van der Waals surface area contributed by atoms with E-state index in [1.165, 1.54) is 0 Å². The number of hydrogen-bond donors (Lipinski definition) is 1. The van der Waals surface area contributed by atoms with E-state index in [1.807, 2.05) is 11.8 Å². The largest absolute Gasteiger partial charge is 0.441 e. The van der Waals surface area contributed by atoms with Crippen molar-refractivity contribution in [2.75, 3.05) is 39.3 Å². The van der Waals surface area contributed by atoms with Crippen LogP contribution in [0.1, 0.15) is 39.0 Å². The molecule has 0 aromatic carbocycles. The van der Waals surface area contributed by atoms with Crippen molar-refractivity contribution in [3.05, 3.63) is 0 Å². The molecular weight excluding hydrogens is 330 g/mol. The maximum Gasteiger partial charge on any atom is 0.410 e. The van der Waals surface area contributed by atoms with Gasteiger partial charge in [0, 0.05) is 38.4 Å². The molecule has 2 amide bonds. The molecule has 3 heterocycles. The van der Waals surface area contributed by atoms with Crippen LogP contribution in [-0.2, 0) is 9.53 Å². The van der Waals surface area contributed by atoms with E-state index >= 15 is 0 Å². The fourth-order valence-corrected chi connectivity index (χ4v) is 4.72. The molecule has 4 rings (SSSR count). The van der Waals surface area contributed by atoms with Gasteiger partial charge in [0.1, 0.15) is 5.60 Å². The Morgan fingerprint density at radius 1 is 1.25 bits per heavy atom. The summed E-state index contributed by atoms with van der Waals surface area (Å²) in [7, 11) is 0. The Kier molecular flexibility index (Phi) is 4.73. The molecule has 0 aromatic rings. The molecule has 1 atom stereocenters. The average molecular weight is 358 g/mol. The van der Waals surface area contributed by atoms with Gasteiger partial charge in [-0.15, -0.1) is 12.4 Å². The third-order valence-corrected chi connectivity index (χ3v) is 6.50. The normalized spacial score (nSPS) is 30.2. The molecule has 0 aromatic heterocycles. The highest BCUT2D eigenvalue weighted by Crippen LogP contribution is 2.59. The highest BCUT2D eigenvalue weighted by Gasteiger charge is 2.59. The second-order valence-corrected chi connectivity index (χ2v) is 7.76. The van der Waals surface area contributed by atoms with Crippen LogP contribution in [0.5, 0.6) is 0 Å². The Morgan fingerprint density at radius 3 is 2.50 bits per heavy atom. The van der Waals surface area contributed by atoms with E-state index in [1.54, 1.807) is 4.90 Å². The van der Waals surface area contributed by atoms with Crippen molar-refractivity contribution in [2.45, 2.75) is 44.6 Å². The van der Waals surface area contributed by atoms with Gasteiger partial charge in [-0.1, -0.05) is 0 Å². The maximum atomic E-state index is 12.8. The summed E-state index contributed by atoms with van der Waals surface area (Å²) in [5.41, 5.74) is -0.0455. The van der Waals surface area contributed by atoms with Crippen LogP contribution in [0.3, 0.4) is 0 Å². The molecule has 4 aliphatic rings. The van der Waals surface area contributed by atoms with Gasteiger partial charge in [0.2, 0.25) is 5.91 Å². The maximum absolute atomic E-state index is 12.8. The first-order valence-corrected chi connectivity index (χ1v) is 9.05. The Labute approximate surface area is 149 Å². The van der Waals surface area contributed by atoms with Gasteiger partial charge in [0.05, 0.1) is 6.54 Å². The number of nitrogens with zero attached hydrogens (tertiary/aromatic N) is 2. The fraction of sp³-hybridized carbons (Fsp3) is 0.882. The van der Waals surface area contributed by atoms with Gasteiger partial charge in [-0.2, -0.15) is 0 Å². The summed E-state index contributed by atoms with van der Waals surface area (Å²) in [6, 6.07) is 0. The van der Waals surface area contributed by atoms with E-state index in [4.69, 9.17) is 4.74 Å². The van der Waals surface area contributed by atoms with Crippen LogP contribution in [-0.4, -0.2) is 66.7 Å². The molecule has 1 N–H and O–H groups in total. The lowest BCUT2D eigenvalue weighted by molar-refractivity contribution is -0.137. The van der Waals surface area contributed by atoms with Crippen LogP contribution < -0.4 is 5.32 Å². The molecule has 4 fully saturated rings.